The van der Waals surface area contributed by atoms with Crippen molar-refractivity contribution in [3.05, 3.63) is 142 Å². The van der Waals surface area contributed by atoms with Gasteiger partial charge in [-0.25, -0.2) is 9.59 Å². The van der Waals surface area contributed by atoms with Crippen molar-refractivity contribution in [1.82, 2.24) is 9.88 Å². The number of hydrogen-bond donors (Lipinski definition) is 1. The van der Waals surface area contributed by atoms with Crippen LogP contribution in [0.5, 0.6) is 0 Å². The summed E-state index contributed by atoms with van der Waals surface area (Å²) in [4.78, 5) is 26.4. The standard InChI is InChI=1S/C34H34N2O4/c1-24(35-31(37)40-33(2,3)4)23-25-15-14-22-29-30(25)39-32(38)36(29)34(26-16-8-5-9-17-26,27-18-10-6-11-19-27)28-20-12-7-13-21-28/h5-22,24H,23H2,1-4H3,(H,35,37)/t24-/m1/s1. The molecule has 0 saturated carbocycles. The van der Waals surface area contributed by atoms with Crippen LogP contribution in [0.3, 0.4) is 0 Å². The molecule has 1 atom stereocenters. The Kier molecular flexibility index (Phi) is 7.35. The van der Waals surface area contributed by atoms with E-state index < -0.39 is 23.0 Å². The summed E-state index contributed by atoms with van der Waals surface area (Å²) in [5.74, 6) is -0.466. The van der Waals surface area contributed by atoms with Crippen LogP contribution in [0.15, 0.2) is 118 Å². The van der Waals surface area contributed by atoms with E-state index in [-0.39, 0.29) is 6.04 Å². The first-order valence-corrected chi connectivity index (χ1v) is 13.5. The van der Waals surface area contributed by atoms with E-state index in [9.17, 15) is 9.59 Å². The molecule has 204 valence electrons. The summed E-state index contributed by atoms with van der Waals surface area (Å²) in [6.45, 7) is 7.38. The highest BCUT2D eigenvalue weighted by Crippen LogP contribution is 2.42. The molecule has 5 aromatic rings. The molecule has 5 rings (SSSR count). The maximum absolute atomic E-state index is 14.0. The molecule has 1 amide bonds. The van der Waals surface area contributed by atoms with Gasteiger partial charge in [-0.2, -0.15) is 0 Å². The fraction of sp³-hybridized carbons (Fsp3) is 0.235. The molecule has 0 unspecified atom stereocenters. The Morgan fingerprint density at radius 1 is 0.800 bits per heavy atom. The summed E-state index contributed by atoms with van der Waals surface area (Å²) in [6.07, 6.45) is -0.0270. The van der Waals surface area contributed by atoms with Crippen LogP contribution in [0.25, 0.3) is 11.1 Å². The molecule has 0 bridgehead atoms. The fourth-order valence-corrected chi connectivity index (χ4v) is 5.39. The predicted octanol–water partition coefficient (Wildman–Crippen LogP) is 6.89. The van der Waals surface area contributed by atoms with Crippen LogP contribution >= 0.6 is 0 Å². The number of aromatic nitrogens is 1. The fourth-order valence-electron chi connectivity index (χ4n) is 5.39. The topological polar surface area (TPSA) is 73.5 Å². The number of alkyl carbamates (subject to hydrolysis) is 1. The first-order chi connectivity index (χ1) is 19.2. The Balaban J connectivity index is 1.70. The van der Waals surface area contributed by atoms with E-state index in [1.165, 1.54) is 0 Å². The average Bonchev–Trinajstić information content (AvgIpc) is 3.27. The van der Waals surface area contributed by atoms with Crippen LogP contribution in [-0.2, 0) is 16.7 Å². The highest BCUT2D eigenvalue weighted by molar-refractivity contribution is 5.78. The number of carbonyl (C=O) groups excluding carboxylic acids is 1. The van der Waals surface area contributed by atoms with Gasteiger partial charge in [-0.1, -0.05) is 103 Å². The van der Waals surface area contributed by atoms with Crippen molar-refractivity contribution < 1.29 is 13.9 Å². The van der Waals surface area contributed by atoms with Crippen LogP contribution < -0.4 is 11.1 Å². The zero-order valence-electron chi connectivity index (χ0n) is 23.3. The zero-order chi connectivity index (χ0) is 28.3. The summed E-state index contributed by atoms with van der Waals surface area (Å²) in [6, 6.07) is 35.6. The van der Waals surface area contributed by atoms with Crippen molar-refractivity contribution in [2.75, 3.05) is 0 Å². The number of carbonyl (C=O) groups is 1. The quantitative estimate of drug-likeness (QED) is 0.231. The van der Waals surface area contributed by atoms with E-state index >= 15 is 0 Å². The lowest BCUT2D eigenvalue weighted by molar-refractivity contribution is 0.0508. The Labute approximate surface area is 234 Å². The molecule has 0 aliphatic carbocycles. The smallest absolute Gasteiger partial charge is 0.421 e. The van der Waals surface area contributed by atoms with Crippen LogP contribution in [0.1, 0.15) is 49.9 Å². The number of oxazole rings is 1. The zero-order valence-corrected chi connectivity index (χ0v) is 23.3. The summed E-state index contributed by atoms with van der Waals surface area (Å²) < 4.78 is 13.2. The third-order valence-electron chi connectivity index (χ3n) is 6.89. The second kappa shape index (κ2) is 10.9. The second-order valence-electron chi connectivity index (χ2n) is 11.0. The maximum Gasteiger partial charge on any atom is 0.421 e. The number of nitrogens with one attached hydrogen (secondary N) is 1. The van der Waals surface area contributed by atoms with Crippen molar-refractivity contribution in [3.63, 3.8) is 0 Å². The second-order valence-corrected chi connectivity index (χ2v) is 11.0. The highest BCUT2D eigenvalue weighted by Gasteiger charge is 2.41. The highest BCUT2D eigenvalue weighted by atomic mass is 16.6. The lowest BCUT2D eigenvalue weighted by Crippen LogP contribution is -2.42. The predicted molar refractivity (Wildman–Crippen MR) is 158 cm³/mol. The van der Waals surface area contributed by atoms with Crippen molar-refractivity contribution in [1.29, 1.82) is 0 Å². The minimum absolute atomic E-state index is 0.253. The lowest BCUT2D eigenvalue weighted by Gasteiger charge is -2.36. The first-order valence-electron chi connectivity index (χ1n) is 13.5. The summed E-state index contributed by atoms with van der Waals surface area (Å²) in [5.41, 5.74) is 3.20. The molecular formula is C34H34N2O4. The number of fused-ring (bicyclic) bond motifs is 1. The third-order valence-corrected chi connectivity index (χ3v) is 6.89. The average molecular weight is 535 g/mol. The Hall–Kier alpha value is -4.58. The normalized spacial score (nSPS) is 12.7. The summed E-state index contributed by atoms with van der Waals surface area (Å²) >= 11 is 0. The largest absolute Gasteiger partial charge is 0.444 e. The molecule has 0 fully saturated rings. The Morgan fingerprint density at radius 2 is 1.30 bits per heavy atom. The van der Waals surface area contributed by atoms with Gasteiger partial charge in [0.05, 0.1) is 5.52 Å². The van der Waals surface area contributed by atoms with E-state index in [4.69, 9.17) is 9.15 Å². The first kappa shape index (κ1) is 27.0. The van der Waals surface area contributed by atoms with E-state index in [1.807, 2.05) is 137 Å². The summed E-state index contributed by atoms with van der Waals surface area (Å²) in [7, 11) is 0. The number of nitrogens with zero attached hydrogens (tertiary/aromatic N) is 1. The van der Waals surface area contributed by atoms with Gasteiger partial charge in [0.1, 0.15) is 11.1 Å². The SMILES string of the molecule is C[C@H](Cc1cccc2c1oc(=O)n2C(c1ccccc1)(c1ccccc1)c1ccccc1)NC(=O)OC(C)(C)C. The molecular weight excluding hydrogens is 500 g/mol. The van der Waals surface area contributed by atoms with Crippen molar-refractivity contribution in [2.45, 2.75) is 51.3 Å². The molecule has 1 N–H and O–H groups in total. The van der Waals surface area contributed by atoms with Gasteiger partial charge >= 0.3 is 11.8 Å². The van der Waals surface area contributed by atoms with E-state index in [1.54, 1.807) is 4.57 Å². The van der Waals surface area contributed by atoms with Gasteiger partial charge in [0, 0.05) is 6.04 Å². The molecule has 0 saturated heterocycles. The lowest BCUT2D eigenvalue weighted by atomic mass is 9.76. The Morgan fingerprint density at radius 3 is 1.77 bits per heavy atom. The van der Waals surface area contributed by atoms with E-state index in [0.717, 1.165) is 22.3 Å². The van der Waals surface area contributed by atoms with E-state index in [0.29, 0.717) is 17.5 Å². The van der Waals surface area contributed by atoms with Gasteiger partial charge in [-0.15, -0.1) is 0 Å². The molecule has 6 heteroatoms. The van der Waals surface area contributed by atoms with Gasteiger partial charge in [0.2, 0.25) is 0 Å². The number of benzene rings is 4. The number of hydrogen-bond acceptors (Lipinski definition) is 4. The van der Waals surface area contributed by atoms with Crippen LogP contribution in [0, 0.1) is 0 Å². The minimum atomic E-state index is -0.995. The van der Waals surface area contributed by atoms with Gasteiger partial charge < -0.3 is 14.5 Å². The monoisotopic (exact) mass is 534 g/mol. The van der Waals surface area contributed by atoms with Crippen LogP contribution in [0.4, 0.5) is 4.79 Å². The molecule has 1 heterocycles. The number of amides is 1. The van der Waals surface area contributed by atoms with Gasteiger partial charge in [0.25, 0.3) is 0 Å². The van der Waals surface area contributed by atoms with Gasteiger partial charge in [-0.05, 0) is 62.4 Å². The van der Waals surface area contributed by atoms with Gasteiger partial charge in [0.15, 0.2) is 5.58 Å². The molecule has 0 aliphatic rings. The molecule has 1 aromatic heterocycles. The summed E-state index contributed by atoms with van der Waals surface area (Å²) in [5, 5.41) is 2.89. The number of rotatable bonds is 7. The Bertz CT molecular complexity index is 1550. The number of ether oxygens (including phenoxy) is 1. The minimum Gasteiger partial charge on any atom is -0.444 e. The van der Waals surface area contributed by atoms with Crippen LogP contribution in [-0.4, -0.2) is 22.3 Å². The van der Waals surface area contributed by atoms with E-state index in [2.05, 4.69) is 5.32 Å². The molecule has 40 heavy (non-hydrogen) atoms. The van der Waals surface area contributed by atoms with Crippen LogP contribution in [0.2, 0.25) is 0 Å². The van der Waals surface area contributed by atoms with Crippen molar-refractivity contribution in [2.24, 2.45) is 0 Å². The van der Waals surface area contributed by atoms with Gasteiger partial charge in [-0.3, -0.25) is 4.57 Å². The molecule has 0 radical (unpaired) electrons. The van der Waals surface area contributed by atoms with Crippen molar-refractivity contribution in [3.8, 4) is 0 Å². The molecule has 0 aliphatic heterocycles. The number of para-hydroxylation sites is 1. The molecule has 4 aromatic carbocycles. The van der Waals surface area contributed by atoms with Crippen molar-refractivity contribution >= 4 is 17.2 Å². The maximum atomic E-state index is 14.0. The third kappa shape index (κ3) is 5.17. The molecule has 0 spiro atoms. The molecule has 6 nitrogen and oxygen atoms in total.